The number of fused-ring (bicyclic) bond motifs is 1. The zero-order chi connectivity index (χ0) is 21.5. The Morgan fingerprint density at radius 3 is 2.55 bits per heavy atom. The van der Waals surface area contributed by atoms with E-state index in [1.807, 2.05) is 23.1 Å². The summed E-state index contributed by atoms with van der Waals surface area (Å²) in [7, 11) is -3.66. The quantitative estimate of drug-likeness (QED) is 0.749. The van der Waals surface area contributed by atoms with Gasteiger partial charge in [-0.1, -0.05) is 30.3 Å². The van der Waals surface area contributed by atoms with Crippen molar-refractivity contribution in [1.29, 1.82) is 0 Å². The van der Waals surface area contributed by atoms with Gasteiger partial charge in [0.2, 0.25) is 15.9 Å². The van der Waals surface area contributed by atoms with Crippen molar-refractivity contribution in [2.24, 2.45) is 5.92 Å². The Morgan fingerprint density at radius 1 is 1.10 bits per heavy atom. The van der Waals surface area contributed by atoms with E-state index < -0.39 is 10.0 Å². The fourth-order valence-corrected chi connectivity index (χ4v) is 5.94. The van der Waals surface area contributed by atoms with Crippen molar-refractivity contribution in [1.82, 2.24) is 4.72 Å². The van der Waals surface area contributed by atoms with Gasteiger partial charge in [-0.25, -0.2) is 13.1 Å². The molecule has 0 aromatic heterocycles. The molecule has 1 N–H and O–H groups in total. The monoisotopic (exact) mass is 440 g/mol. The number of amides is 1. The maximum absolute atomic E-state index is 13.2. The van der Waals surface area contributed by atoms with Crippen molar-refractivity contribution in [2.45, 2.75) is 42.4 Å². The highest BCUT2D eigenvalue weighted by Crippen LogP contribution is 2.38. The number of carbonyl (C=O) groups excluding carboxylic acids is 1. The van der Waals surface area contributed by atoms with Crippen LogP contribution in [0.25, 0.3) is 0 Å². The topological polar surface area (TPSA) is 75.7 Å². The van der Waals surface area contributed by atoms with Crippen molar-refractivity contribution in [3.63, 3.8) is 0 Å². The van der Waals surface area contributed by atoms with Gasteiger partial charge in [-0.15, -0.1) is 0 Å². The summed E-state index contributed by atoms with van der Waals surface area (Å²) >= 11 is 0. The largest absolute Gasteiger partial charge is 0.381 e. The fourth-order valence-electron chi connectivity index (χ4n) is 4.76. The second-order valence-electron chi connectivity index (χ2n) is 8.89. The molecule has 1 amide bonds. The molecule has 164 valence electrons. The lowest BCUT2D eigenvalue weighted by Gasteiger charge is -2.37. The molecule has 0 atom stereocenters. The average Bonchev–Trinajstić information content (AvgIpc) is 3.57. The number of nitrogens with zero attached hydrogens (tertiary/aromatic N) is 1. The van der Waals surface area contributed by atoms with E-state index in [1.165, 1.54) is 0 Å². The molecule has 31 heavy (non-hydrogen) atoms. The lowest BCUT2D eigenvalue weighted by Crippen LogP contribution is -2.44. The molecular formula is C24H28N2O4S. The van der Waals surface area contributed by atoms with Crippen LogP contribution in [0.2, 0.25) is 0 Å². The van der Waals surface area contributed by atoms with E-state index in [2.05, 4.69) is 16.9 Å². The Kier molecular flexibility index (Phi) is 5.36. The molecule has 5 rings (SSSR count). The molecule has 6 nitrogen and oxygen atoms in total. The second-order valence-corrected chi connectivity index (χ2v) is 10.7. The van der Waals surface area contributed by atoms with Crippen LogP contribution in [0, 0.1) is 5.92 Å². The Morgan fingerprint density at radius 2 is 1.84 bits per heavy atom. The zero-order valence-electron chi connectivity index (χ0n) is 17.5. The molecule has 7 heteroatoms. The van der Waals surface area contributed by atoms with E-state index in [4.69, 9.17) is 4.74 Å². The molecule has 2 heterocycles. The van der Waals surface area contributed by atoms with E-state index in [-0.39, 0.29) is 22.1 Å². The third-order valence-corrected chi connectivity index (χ3v) is 8.28. The highest BCUT2D eigenvalue weighted by Gasteiger charge is 2.38. The molecule has 1 saturated carbocycles. The molecule has 2 fully saturated rings. The van der Waals surface area contributed by atoms with Gasteiger partial charge in [-0.2, -0.15) is 0 Å². The molecule has 0 radical (unpaired) electrons. The van der Waals surface area contributed by atoms with Crippen LogP contribution in [0.4, 0.5) is 5.69 Å². The summed E-state index contributed by atoms with van der Waals surface area (Å²) in [5.41, 5.74) is 2.67. The molecule has 2 aromatic rings. The lowest BCUT2D eigenvalue weighted by atomic mass is 9.74. The van der Waals surface area contributed by atoms with Crippen LogP contribution >= 0.6 is 0 Å². The van der Waals surface area contributed by atoms with E-state index in [0.29, 0.717) is 32.7 Å². The number of nitrogens with one attached hydrogen (secondary N) is 1. The molecule has 1 saturated heterocycles. The normalized spacial score (nSPS) is 20.5. The summed E-state index contributed by atoms with van der Waals surface area (Å²) in [5, 5.41) is 0. The molecule has 3 aliphatic rings. The van der Waals surface area contributed by atoms with E-state index >= 15 is 0 Å². The summed E-state index contributed by atoms with van der Waals surface area (Å²) < 4.78 is 34.7. The van der Waals surface area contributed by atoms with E-state index in [1.54, 1.807) is 18.2 Å². The predicted molar refractivity (Wildman–Crippen MR) is 119 cm³/mol. The minimum absolute atomic E-state index is 0.157. The minimum Gasteiger partial charge on any atom is -0.381 e. The SMILES string of the molecule is O=C(C1CC1)N1CCc2cc(S(=O)(=O)NCC3(c4ccccc4)CCOCC3)ccc21. The average molecular weight is 441 g/mol. The molecule has 0 bridgehead atoms. The number of ether oxygens (including phenoxy) is 1. The third kappa shape index (κ3) is 4.02. The number of rotatable bonds is 6. The van der Waals surface area contributed by atoms with Crippen LogP contribution in [-0.4, -0.2) is 40.6 Å². The second kappa shape index (κ2) is 8.04. The summed E-state index contributed by atoms with van der Waals surface area (Å²) in [6.45, 7) is 2.23. The van der Waals surface area contributed by atoms with Gasteiger partial charge in [0.15, 0.2) is 0 Å². The summed E-state index contributed by atoms with van der Waals surface area (Å²) in [6.07, 6.45) is 4.19. The third-order valence-electron chi connectivity index (χ3n) is 6.89. The number of hydrogen-bond donors (Lipinski definition) is 1. The molecule has 1 aliphatic carbocycles. The maximum Gasteiger partial charge on any atom is 0.240 e. The number of hydrogen-bond acceptors (Lipinski definition) is 4. The van der Waals surface area contributed by atoms with Crippen LogP contribution in [0.5, 0.6) is 0 Å². The van der Waals surface area contributed by atoms with E-state index in [0.717, 1.165) is 42.5 Å². The molecule has 2 aromatic carbocycles. The zero-order valence-corrected chi connectivity index (χ0v) is 18.4. The highest BCUT2D eigenvalue weighted by atomic mass is 32.2. The molecule has 0 spiro atoms. The first-order valence-electron chi connectivity index (χ1n) is 11.1. The fraction of sp³-hybridized carbons (Fsp3) is 0.458. The standard InChI is InChI=1S/C24H28N2O4S/c27-23(18-6-7-18)26-13-10-19-16-21(8-9-22(19)26)31(28,29)25-17-24(11-14-30-15-12-24)20-4-2-1-3-5-20/h1-5,8-9,16,18,25H,6-7,10-15,17H2. The number of benzene rings is 2. The number of sulfonamides is 1. The maximum atomic E-state index is 13.2. The van der Waals surface area contributed by atoms with Crippen molar-refractivity contribution < 1.29 is 17.9 Å². The van der Waals surface area contributed by atoms with Gasteiger partial charge < -0.3 is 9.64 Å². The van der Waals surface area contributed by atoms with Crippen molar-refractivity contribution in [3.8, 4) is 0 Å². The van der Waals surface area contributed by atoms with Gasteiger partial charge >= 0.3 is 0 Å². The predicted octanol–water partition coefficient (Wildman–Crippen LogP) is 3.01. The van der Waals surface area contributed by atoms with Crippen LogP contribution in [0.3, 0.4) is 0 Å². The Labute approximate surface area is 183 Å². The molecule has 0 unspecified atom stereocenters. The smallest absolute Gasteiger partial charge is 0.240 e. The first-order chi connectivity index (χ1) is 15.0. The van der Waals surface area contributed by atoms with Crippen LogP contribution in [-0.2, 0) is 31.4 Å². The number of carbonyl (C=O) groups is 1. The molecule has 2 aliphatic heterocycles. The van der Waals surface area contributed by atoms with Crippen LogP contribution in [0.15, 0.2) is 53.4 Å². The highest BCUT2D eigenvalue weighted by molar-refractivity contribution is 7.89. The van der Waals surface area contributed by atoms with Gasteiger partial charge in [0.25, 0.3) is 0 Å². The first kappa shape index (κ1) is 20.7. The van der Waals surface area contributed by atoms with Crippen LogP contribution < -0.4 is 9.62 Å². The van der Waals surface area contributed by atoms with Crippen molar-refractivity contribution in [2.75, 3.05) is 31.2 Å². The Bertz CT molecular complexity index is 1070. The summed E-state index contributed by atoms with van der Waals surface area (Å²) in [5.74, 6) is 0.335. The Balaban J connectivity index is 1.35. The minimum atomic E-state index is -3.66. The molecular weight excluding hydrogens is 412 g/mol. The van der Waals surface area contributed by atoms with Gasteiger partial charge in [0.05, 0.1) is 4.90 Å². The van der Waals surface area contributed by atoms with Gasteiger partial charge in [0, 0.05) is 43.3 Å². The van der Waals surface area contributed by atoms with Gasteiger partial charge in [-0.3, -0.25) is 4.79 Å². The van der Waals surface area contributed by atoms with E-state index in [9.17, 15) is 13.2 Å². The first-order valence-corrected chi connectivity index (χ1v) is 12.5. The van der Waals surface area contributed by atoms with Crippen molar-refractivity contribution >= 4 is 21.6 Å². The number of anilines is 1. The van der Waals surface area contributed by atoms with Crippen LogP contribution in [0.1, 0.15) is 36.8 Å². The van der Waals surface area contributed by atoms with Crippen molar-refractivity contribution in [3.05, 3.63) is 59.7 Å². The van der Waals surface area contributed by atoms with Gasteiger partial charge in [0.1, 0.15) is 0 Å². The Hall–Kier alpha value is -2.22. The van der Waals surface area contributed by atoms with Gasteiger partial charge in [-0.05, 0) is 61.4 Å². The lowest BCUT2D eigenvalue weighted by molar-refractivity contribution is -0.119. The summed E-state index contributed by atoms with van der Waals surface area (Å²) in [4.78, 5) is 14.6. The summed E-state index contributed by atoms with van der Waals surface area (Å²) in [6, 6.07) is 15.3.